The first-order valence-electron chi connectivity index (χ1n) is 8.58. The van der Waals surface area contributed by atoms with Crippen molar-refractivity contribution in [3.05, 3.63) is 59.4 Å². The van der Waals surface area contributed by atoms with E-state index in [1.807, 2.05) is 24.5 Å². The van der Waals surface area contributed by atoms with E-state index in [0.29, 0.717) is 0 Å². The highest BCUT2D eigenvalue weighted by atomic mass is 32.1. The molecular weight excluding hydrogens is 328 g/mol. The van der Waals surface area contributed by atoms with E-state index in [-0.39, 0.29) is 6.04 Å². The van der Waals surface area contributed by atoms with Gasteiger partial charge in [-0.1, -0.05) is 12.1 Å². The monoisotopic (exact) mass is 356 g/mol. The number of benzene rings is 1. The Hall–Kier alpha value is -1.98. The molecule has 0 saturated heterocycles. The highest BCUT2D eigenvalue weighted by Gasteiger charge is 2.19. The highest BCUT2D eigenvalue weighted by molar-refractivity contribution is 7.80. The molecule has 1 aromatic heterocycles. The molecule has 0 spiro atoms. The predicted octanol–water partition coefficient (Wildman–Crippen LogP) is 4.02. The van der Waals surface area contributed by atoms with Gasteiger partial charge in [0.2, 0.25) is 0 Å². The first-order chi connectivity index (χ1) is 11.9. The van der Waals surface area contributed by atoms with E-state index in [4.69, 9.17) is 12.2 Å². The molecule has 0 radical (unpaired) electrons. The van der Waals surface area contributed by atoms with Crippen molar-refractivity contribution in [2.24, 2.45) is 0 Å². The number of hydrogen-bond donors (Lipinski definition) is 1. The van der Waals surface area contributed by atoms with Gasteiger partial charge in [-0.2, -0.15) is 0 Å². The number of likely N-dealkylation sites (N-methyl/N-ethyl adjacent to an activating group) is 1. The molecule has 0 amide bonds. The van der Waals surface area contributed by atoms with E-state index in [2.05, 4.69) is 73.2 Å². The third-order valence-electron chi connectivity index (χ3n) is 4.34. The van der Waals surface area contributed by atoms with Crippen molar-refractivity contribution >= 4 is 23.0 Å². The van der Waals surface area contributed by atoms with Crippen LogP contribution in [-0.2, 0) is 0 Å². The number of anilines is 1. The lowest BCUT2D eigenvalue weighted by molar-refractivity contribution is 0.289. The van der Waals surface area contributed by atoms with Gasteiger partial charge in [0.15, 0.2) is 5.11 Å². The maximum Gasteiger partial charge on any atom is 0.173 e. The van der Waals surface area contributed by atoms with Gasteiger partial charge < -0.3 is 15.1 Å². The first-order valence-corrected chi connectivity index (χ1v) is 8.99. The number of aryl methyl sites for hydroxylation is 2. The quantitative estimate of drug-likeness (QED) is 0.790. The molecule has 0 aliphatic rings. The largest absolute Gasteiger partial charge is 0.341 e. The maximum atomic E-state index is 5.77. The minimum Gasteiger partial charge on any atom is -0.341 e. The van der Waals surface area contributed by atoms with Crippen LogP contribution in [0, 0.1) is 13.8 Å². The van der Waals surface area contributed by atoms with Crippen molar-refractivity contribution in [3.8, 4) is 0 Å². The summed E-state index contributed by atoms with van der Waals surface area (Å²) in [5, 5.41) is 4.20. The van der Waals surface area contributed by atoms with Crippen LogP contribution in [0.3, 0.4) is 0 Å². The van der Waals surface area contributed by atoms with Crippen LogP contribution >= 0.6 is 12.2 Å². The summed E-state index contributed by atoms with van der Waals surface area (Å²) >= 11 is 5.77. The Labute approximate surface area is 156 Å². The molecule has 1 heterocycles. The van der Waals surface area contributed by atoms with E-state index in [9.17, 15) is 0 Å². The molecule has 2 aromatic rings. The molecule has 1 N–H and O–H groups in total. The van der Waals surface area contributed by atoms with Crippen LogP contribution in [0.4, 0.5) is 5.69 Å². The number of hydrogen-bond acceptors (Lipinski definition) is 3. The minimum atomic E-state index is 0.174. The highest BCUT2D eigenvalue weighted by Crippen LogP contribution is 2.22. The Morgan fingerprint density at radius 3 is 2.44 bits per heavy atom. The zero-order valence-electron chi connectivity index (χ0n) is 15.8. The van der Waals surface area contributed by atoms with Crippen LogP contribution in [-0.4, -0.2) is 47.1 Å². The van der Waals surface area contributed by atoms with Gasteiger partial charge in [0.1, 0.15) is 0 Å². The molecule has 4 nitrogen and oxygen atoms in total. The molecule has 0 bridgehead atoms. The van der Waals surface area contributed by atoms with Crippen molar-refractivity contribution in [2.75, 3.05) is 32.5 Å². The molecule has 1 aromatic carbocycles. The van der Waals surface area contributed by atoms with Crippen molar-refractivity contribution in [1.82, 2.24) is 14.8 Å². The summed E-state index contributed by atoms with van der Waals surface area (Å²) in [5.41, 5.74) is 4.69. The lowest BCUT2D eigenvalue weighted by Crippen LogP contribution is -2.41. The van der Waals surface area contributed by atoms with Gasteiger partial charge in [0.25, 0.3) is 0 Å². The van der Waals surface area contributed by atoms with E-state index in [0.717, 1.165) is 23.9 Å². The van der Waals surface area contributed by atoms with Gasteiger partial charge in [-0.25, -0.2) is 0 Å². The number of nitrogens with one attached hydrogen (secondary N) is 1. The molecule has 2 rings (SSSR count). The molecule has 0 saturated carbocycles. The summed E-state index contributed by atoms with van der Waals surface area (Å²) in [7, 11) is 4.16. The van der Waals surface area contributed by atoms with Gasteiger partial charge in [-0.15, -0.1) is 0 Å². The van der Waals surface area contributed by atoms with Crippen molar-refractivity contribution in [3.63, 3.8) is 0 Å². The van der Waals surface area contributed by atoms with Crippen LogP contribution < -0.4 is 5.32 Å². The molecule has 0 fully saturated rings. The van der Waals surface area contributed by atoms with Crippen LogP contribution in [0.1, 0.15) is 29.7 Å². The van der Waals surface area contributed by atoms with Crippen molar-refractivity contribution < 1.29 is 0 Å². The summed E-state index contributed by atoms with van der Waals surface area (Å²) in [6.07, 6.45) is 3.66. The zero-order valence-corrected chi connectivity index (χ0v) is 16.6. The average molecular weight is 357 g/mol. The fraction of sp³-hybridized carbons (Fsp3) is 0.400. The molecule has 1 atom stereocenters. The summed E-state index contributed by atoms with van der Waals surface area (Å²) in [6.45, 7) is 8.16. The summed E-state index contributed by atoms with van der Waals surface area (Å²) in [6, 6.07) is 10.7. The Kier molecular flexibility index (Phi) is 6.91. The van der Waals surface area contributed by atoms with E-state index in [1.165, 1.54) is 16.7 Å². The third kappa shape index (κ3) is 5.51. The second-order valence-corrected chi connectivity index (χ2v) is 7.09. The van der Waals surface area contributed by atoms with Gasteiger partial charge in [-0.05, 0) is 82.0 Å². The predicted molar refractivity (Wildman–Crippen MR) is 110 cm³/mol. The Morgan fingerprint density at radius 2 is 1.80 bits per heavy atom. The molecule has 1 unspecified atom stereocenters. The lowest BCUT2D eigenvalue weighted by atomic mass is 10.1. The fourth-order valence-electron chi connectivity index (χ4n) is 2.66. The molecule has 5 heteroatoms. The Morgan fingerprint density at radius 1 is 1.12 bits per heavy atom. The number of rotatable bonds is 6. The summed E-state index contributed by atoms with van der Waals surface area (Å²) in [5.74, 6) is 0. The van der Waals surface area contributed by atoms with E-state index < -0.39 is 0 Å². The van der Waals surface area contributed by atoms with Gasteiger partial charge in [0, 0.05) is 31.2 Å². The lowest BCUT2D eigenvalue weighted by Gasteiger charge is -2.33. The van der Waals surface area contributed by atoms with Crippen LogP contribution in [0.5, 0.6) is 0 Å². The van der Waals surface area contributed by atoms with Crippen LogP contribution in [0.2, 0.25) is 0 Å². The maximum absolute atomic E-state index is 5.77. The molecule has 0 aliphatic heterocycles. The van der Waals surface area contributed by atoms with Gasteiger partial charge in [0.05, 0.1) is 6.04 Å². The topological polar surface area (TPSA) is 31.4 Å². The average Bonchev–Trinajstić information content (AvgIpc) is 2.58. The minimum absolute atomic E-state index is 0.174. The van der Waals surface area contributed by atoms with E-state index >= 15 is 0 Å². The van der Waals surface area contributed by atoms with E-state index in [1.54, 1.807) is 0 Å². The van der Waals surface area contributed by atoms with Gasteiger partial charge >= 0.3 is 0 Å². The normalized spacial score (nSPS) is 12.1. The number of aromatic nitrogens is 1. The SMILES string of the molecule is Cc1ccc(C)c(NC(=S)N(CCN(C)C)C(C)c2ccncc2)c1. The molecular formula is C20H28N4S. The number of pyridine rings is 1. The van der Waals surface area contributed by atoms with Crippen molar-refractivity contribution in [2.45, 2.75) is 26.8 Å². The van der Waals surface area contributed by atoms with Crippen LogP contribution in [0.15, 0.2) is 42.7 Å². The number of thiocarbonyl (C=S) groups is 1. The second kappa shape index (κ2) is 8.92. The molecule has 0 aliphatic carbocycles. The fourth-order valence-corrected chi connectivity index (χ4v) is 3.02. The Balaban J connectivity index is 2.21. The summed E-state index contributed by atoms with van der Waals surface area (Å²) in [4.78, 5) is 8.54. The number of nitrogens with zero attached hydrogens (tertiary/aromatic N) is 3. The first kappa shape index (κ1) is 19.3. The summed E-state index contributed by atoms with van der Waals surface area (Å²) < 4.78 is 0. The van der Waals surface area contributed by atoms with Crippen LogP contribution in [0.25, 0.3) is 0 Å². The molecule has 134 valence electrons. The molecule has 25 heavy (non-hydrogen) atoms. The second-order valence-electron chi connectivity index (χ2n) is 6.70. The zero-order chi connectivity index (χ0) is 18.4. The van der Waals surface area contributed by atoms with Gasteiger partial charge in [-0.3, -0.25) is 4.98 Å². The van der Waals surface area contributed by atoms with Crippen molar-refractivity contribution in [1.29, 1.82) is 0 Å². The Bertz CT molecular complexity index is 700. The smallest absolute Gasteiger partial charge is 0.173 e. The standard InChI is InChI=1S/C20H28N4S/c1-15-6-7-16(2)19(14-15)22-20(25)24(13-12-23(4)5)17(3)18-8-10-21-11-9-18/h6-11,14,17H,12-13H2,1-5H3,(H,22,25). The third-order valence-corrected chi connectivity index (χ3v) is 4.68.